The fraction of sp³-hybridized carbons (Fsp3) is 0.333. The molecule has 0 unspecified atom stereocenters. The zero-order valence-electron chi connectivity index (χ0n) is 16.4. The molecule has 7 nitrogen and oxygen atoms in total. The number of rotatable bonds is 5. The Morgan fingerprint density at radius 3 is 2.59 bits per heavy atom. The van der Waals surface area contributed by atoms with Crippen molar-refractivity contribution in [3.63, 3.8) is 0 Å². The molecule has 0 atom stereocenters. The Kier molecular flexibility index (Phi) is 5.89. The van der Waals surface area contributed by atoms with Crippen molar-refractivity contribution < 1.29 is 5.11 Å². The minimum absolute atomic E-state index is 0.181. The molecule has 2 aliphatic heterocycles. The number of aliphatic hydroxyl groups is 1. The van der Waals surface area contributed by atoms with Gasteiger partial charge in [0.25, 0.3) is 0 Å². The Morgan fingerprint density at radius 2 is 1.83 bits per heavy atom. The van der Waals surface area contributed by atoms with Crippen LogP contribution in [0.3, 0.4) is 0 Å². The highest BCUT2D eigenvalue weighted by molar-refractivity contribution is 9.10. The molecule has 0 bridgehead atoms. The Bertz CT molecular complexity index is 921. The Morgan fingerprint density at radius 1 is 1.07 bits per heavy atom. The summed E-state index contributed by atoms with van der Waals surface area (Å²) in [6, 6.07) is 8.37. The molecule has 3 N–H and O–H groups in total. The summed E-state index contributed by atoms with van der Waals surface area (Å²) < 4.78 is 0.713. The van der Waals surface area contributed by atoms with E-state index >= 15 is 0 Å². The van der Waals surface area contributed by atoms with E-state index in [1.54, 1.807) is 11.1 Å². The van der Waals surface area contributed by atoms with E-state index in [9.17, 15) is 5.11 Å². The van der Waals surface area contributed by atoms with Gasteiger partial charge < -0.3 is 25.5 Å². The van der Waals surface area contributed by atoms with E-state index < -0.39 is 0 Å². The van der Waals surface area contributed by atoms with E-state index in [0.717, 1.165) is 18.8 Å². The van der Waals surface area contributed by atoms with Gasteiger partial charge >= 0.3 is 0 Å². The van der Waals surface area contributed by atoms with Gasteiger partial charge in [-0.2, -0.15) is 4.98 Å². The fourth-order valence-electron chi connectivity index (χ4n) is 3.47. The normalized spacial score (nSPS) is 16.9. The van der Waals surface area contributed by atoms with Crippen LogP contribution < -0.4 is 15.5 Å². The van der Waals surface area contributed by atoms with Crippen LogP contribution in [-0.2, 0) is 0 Å². The molecule has 152 valence electrons. The second kappa shape index (κ2) is 8.73. The molecule has 29 heavy (non-hydrogen) atoms. The molecule has 0 amide bonds. The predicted octanol–water partition coefficient (Wildman–Crippen LogP) is 4.61. The second-order valence-corrected chi connectivity index (χ2v) is 8.11. The third-order valence-electron chi connectivity index (χ3n) is 5.11. The highest BCUT2D eigenvalue weighted by Gasteiger charge is 2.15. The first-order valence-electron chi connectivity index (χ1n) is 9.83. The molecule has 1 saturated heterocycles. The molecule has 1 aromatic carbocycles. The van der Waals surface area contributed by atoms with Crippen LogP contribution in [0, 0.1) is 0 Å². The molecule has 2 aromatic rings. The highest BCUT2D eigenvalue weighted by atomic mass is 79.9. The van der Waals surface area contributed by atoms with Crippen molar-refractivity contribution in [3.8, 4) is 0 Å². The van der Waals surface area contributed by atoms with Crippen molar-refractivity contribution in [3.05, 3.63) is 58.7 Å². The summed E-state index contributed by atoms with van der Waals surface area (Å²) in [7, 11) is 1.83. The topological polar surface area (TPSA) is 76.5 Å². The average Bonchev–Trinajstić information content (AvgIpc) is 2.75. The zero-order valence-corrected chi connectivity index (χ0v) is 18.0. The van der Waals surface area contributed by atoms with Crippen molar-refractivity contribution in [2.75, 3.05) is 42.2 Å². The Labute approximate surface area is 179 Å². The van der Waals surface area contributed by atoms with E-state index in [1.165, 1.54) is 24.9 Å². The first kappa shape index (κ1) is 19.6. The lowest BCUT2D eigenvalue weighted by atomic mass is 10.1. The van der Waals surface area contributed by atoms with Crippen LogP contribution in [0.5, 0.6) is 0 Å². The molecule has 3 heterocycles. The summed E-state index contributed by atoms with van der Waals surface area (Å²) in [6.45, 7) is 2.93. The smallest absolute Gasteiger partial charge is 0.229 e. The average molecular weight is 457 g/mol. The van der Waals surface area contributed by atoms with Gasteiger partial charge in [0, 0.05) is 44.3 Å². The van der Waals surface area contributed by atoms with Gasteiger partial charge in [0.15, 0.2) is 5.82 Å². The van der Waals surface area contributed by atoms with Gasteiger partial charge in [-0.25, -0.2) is 4.98 Å². The van der Waals surface area contributed by atoms with Gasteiger partial charge in [-0.15, -0.1) is 0 Å². The zero-order chi connectivity index (χ0) is 20.2. The summed E-state index contributed by atoms with van der Waals surface area (Å²) in [4.78, 5) is 13.1. The summed E-state index contributed by atoms with van der Waals surface area (Å²) in [5.74, 6) is 1.24. The monoisotopic (exact) mass is 456 g/mol. The van der Waals surface area contributed by atoms with Gasteiger partial charge in [-0.1, -0.05) is 6.08 Å². The van der Waals surface area contributed by atoms with E-state index in [-0.39, 0.29) is 5.88 Å². The van der Waals surface area contributed by atoms with Crippen LogP contribution in [0.4, 0.5) is 23.1 Å². The van der Waals surface area contributed by atoms with E-state index in [2.05, 4.69) is 65.7 Å². The van der Waals surface area contributed by atoms with Gasteiger partial charge in [0.1, 0.15) is 5.70 Å². The van der Waals surface area contributed by atoms with Crippen molar-refractivity contribution in [2.24, 2.45) is 0 Å². The standard InChI is InChI=1S/C21H25BrN6O/c1-27-11-5-6-18(20(27)29)25-19-17(22)14-23-21(26-19)24-15-7-9-16(10-8-15)28-12-3-2-4-13-28/h5-10,14,29H,2-4,11-13H2,1H3,(H2,23,24,25,26). The largest absolute Gasteiger partial charge is 0.493 e. The lowest BCUT2D eigenvalue weighted by molar-refractivity contribution is 0.240. The second-order valence-electron chi connectivity index (χ2n) is 7.25. The van der Waals surface area contributed by atoms with E-state index in [1.807, 2.05) is 19.2 Å². The van der Waals surface area contributed by atoms with Gasteiger partial charge in [0.2, 0.25) is 11.8 Å². The third kappa shape index (κ3) is 4.64. The first-order chi connectivity index (χ1) is 14.1. The lowest BCUT2D eigenvalue weighted by Crippen LogP contribution is -2.29. The summed E-state index contributed by atoms with van der Waals surface area (Å²) in [5.41, 5.74) is 2.78. The SMILES string of the molecule is CN1CC=CC(Nc2nc(Nc3ccc(N4CCCCC4)cc3)ncc2Br)=C1O. The predicted molar refractivity (Wildman–Crippen MR) is 121 cm³/mol. The molecular formula is C21H25BrN6O. The summed E-state index contributed by atoms with van der Waals surface area (Å²) >= 11 is 3.47. The molecule has 0 saturated carbocycles. The van der Waals surface area contributed by atoms with Gasteiger partial charge in [-0.3, -0.25) is 0 Å². The van der Waals surface area contributed by atoms with Crippen LogP contribution >= 0.6 is 15.9 Å². The molecule has 1 fully saturated rings. The Hall–Kier alpha value is -2.74. The number of benzene rings is 1. The molecule has 0 aliphatic carbocycles. The minimum Gasteiger partial charge on any atom is -0.493 e. The number of aliphatic hydroxyl groups excluding tert-OH is 1. The van der Waals surface area contributed by atoms with E-state index in [4.69, 9.17) is 0 Å². The summed E-state index contributed by atoms with van der Waals surface area (Å²) in [5, 5.41) is 16.7. The number of hydrogen-bond donors (Lipinski definition) is 3. The maximum absolute atomic E-state index is 10.2. The molecule has 0 radical (unpaired) electrons. The molecule has 1 aromatic heterocycles. The van der Waals surface area contributed by atoms with Crippen LogP contribution in [0.15, 0.2) is 58.7 Å². The van der Waals surface area contributed by atoms with Gasteiger partial charge in [-0.05, 0) is 65.5 Å². The molecule has 4 rings (SSSR count). The lowest BCUT2D eigenvalue weighted by Gasteiger charge is -2.28. The van der Waals surface area contributed by atoms with Crippen molar-refractivity contribution in [1.29, 1.82) is 0 Å². The van der Waals surface area contributed by atoms with Crippen molar-refractivity contribution >= 4 is 39.1 Å². The molecular weight excluding hydrogens is 432 g/mol. The third-order valence-corrected chi connectivity index (χ3v) is 5.69. The number of likely N-dealkylation sites (N-methyl/N-ethyl adjacent to an activating group) is 1. The maximum Gasteiger partial charge on any atom is 0.229 e. The first-order valence-corrected chi connectivity index (χ1v) is 10.6. The van der Waals surface area contributed by atoms with Crippen molar-refractivity contribution in [1.82, 2.24) is 14.9 Å². The molecule has 0 spiro atoms. The molecule has 2 aliphatic rings. The minimum atomic E-state index is 0.181. The fourth-order valence-corrected chi connectivity index (χ4v) is 3.76. The van der Waals surface area contributed by atoms with E-state index in [0.29, 0.717) is 28.5 Å². The number of nitrogens with one attached hydrogen (secondary N) is 2. The van der Waals surface area contributed by atoms with Crippen LogP contribution in [0.2, 0.25) is 0 Å². The highest BCUT2D eigenvalue weighted by Crippen LogP contribution is 2.26. The van der Waals surface area contributed by atoms with Crippen LogP contribution in [0.25, 0.3) is 0 Å². The number of aromatic nitrogens is 2. The Balaban J connectivity index is 1.47. The summed E-state index contributed by atoms with van der Waals surface area (Å²) in [6.07, 6.45) is 9.36. The quantitative estimate of drug-likeness (QED) is 0.605. The molecule has 8 heteroatoms. The maximum atomic E-state index is 10.2. The number of allylic oxidation sites excluding steroid dienone is 1. The van der Waals surface area contributed by atoms with Crippen LogP contribution in [-0.4, -0.2) is 46.7 Å². The number of nitrogens with zero attached hydrogens (tertiary/aromatic N) is 4. The number of hydrogen-bond acceptors (Lipinski definition) is 7. The van der Waals surface area contributed by atoms with Gasteiger partial charge in [0.05, 0.1) is 4.47 Å². The van der Waals surface area contributed by atoms with Crippen LogP contribution in [0.1, 0.15) is 19.3 Å². The van der Waals surface area contributed by atoms with Crippen molar-refractivity contribution in [2.45, 2.75) is 19.3 Å². The number of halogens is 1. The number of piperidine rings is 1. The number of anilines is 4.